The van der Waals surface area contributed by atoms with E-state index in [-0.39, 0.29) is 5.41 Å². The van der Waals surface area contributed by atoms with Crippen LogP contribution in [0, 0.1) is 17.2 Å². The van der Waals surface area contributed by atoms with E-state index >= 15 is 0 Å². The largest absolute Gasteiger partial charge is 0.305 e. The van der Waals surface area contributed by atoms with Crippen molar-refractivity contribution in [3.8, 4) is 0 Å². The molecule has 1 aliphatic carbocycles. The van der Waals surface area contributed by atoms with Crippen LogP contribution in [0.5, 0.6) is 0 Å². The van der Waals surface area contributed by atoms with Gasteiger partial charge in [0.25, 0.3) is 0 Å². The van der Waals surface area contributed by atoms with E-state index < -0.39 is 0 Å². The minimum atomic E-state index is 0.255. The third kappa shape index (κ3) is 2.72. The molecule has 0 bridgehead atoms. The maximum absolute atomic E-state index is 8.17. The monoisotopic (exact) mass is 214 g/mol. The Labute approximate surface area is 98.4 Å². The fourth-order valence-corrected chi connectivity index (χ4v) is 2.53. The average molecular weight is 214 g/mol. The van der Waals surface area contributed by atoms with Crippen molar-refractivity contribution in [2.45, 2.75) is 39.0 Å². The molecule has 1 nitrogen and oxygen atoms in total. The third-order valence-electron chi connectivity index (χ3n) is 3.54. The molecule has 1 heteroatoms. The molecule has 1 fully saturated rings. The Morgan fingerprint density at radius 2 is 2.00 bits per heavy atom. The third-order valence-corrected chi connectivity index (χ3v) is 3.54. The lowest BCUT2D eigenvalue weighted by Gasteiger charge is -2.33. The molecule has 16 heavy (non-hydrogen) atoms. The first kappa shape index (κ1) is 11.4. The van der Waals surface area contributed by atoms with E-state index in [1.54, 1.807) is 0 Å². The van der Waals surface area contributed by atoms with Gasteiger partial charge in [-0.3, -0.25) is 0 Å². The summed E-state index contributed by atoms with van der Waals surface area (Å²) in [6.07, 6.45) is 8.41. The molecule has 0 aromatic heterocycles. The van der Waals surface area contributed by atoms with Crippen LogP contribution in [0.15, 0.2) is 30.3 Å². The average Bonchev–Trinajstić information content (AvgIpc) is 2.30. The van der Waals surface area contributed by atoms with Gasteiger partial charge in [0.1, 0.15) is 0 Å². The zero-order chi connectivity index (χ0) is 11.4. The van der Waals surface area contributed by atoms with Gasteiger partial charge in [-0.15, -0.1) is 0 Å². The molecule has 1 atom stereocenters. The quantitative estimate of drug-likeness (QED) is 0.728. The molecule has 0 saturated heterocycles. The maximum atomic E-state index is 8.17. The molecule has 1 aromatic rings. The Balaban J connectivity index is 2.01. The number of benzene rings is 1. The van der Waals surface area contributed by atoms with Gasteiger partial charge in [-0.1, -0.05) is 50.1 Å². The number of rotatable bonds is 3. The van der Waals surface area contributed by atoms with Crippen LogP contribution in [0.3, 0.4) is 0 Å². The minimum absolute atomic E-state index is 0.255. The molecule has 0 aliphatic heterocycles. The van der Waals surface area contributed by atoms with Crippen molar-refractivity contribution < 1.29 is 0 Å². The highest BCUT2D eigenvalue weighted by Crippen LogP contribution is 2.38. The lowest BCUT2D eigenvalue weighted by atomic mass is 9.72. The van der Waals surface area contributed by atoms with E-state index in [0.29, 0.717) is 0 Å². The molecule has 85 valence electrons. The second-order valence-corrected chi connectivity index (χ2v) is 5.13. The predicted molar refractivity (Wildman–Crippen MR) is 68.8 cm³/mol. The Hall–Kier alpha value is -1.11. The maximum Gasteiger partial charge on any atom is 0.0391 e. The van der Waals surface area contributed by atoms with Gasteiger partial charge in [-0.25, -0.2) is 0 Å². The highest BCUT2D eigenvalue weighted by atomic mass is 14.5. The van der Waals surface area contributed by atoms with Crippen LogP contribution in [-0.2, 0) is 0 Å². The van der Waals surface area contributed by atoms with E-state index in [2.05, 4.69) is 13.3 Å². The summed E-state index contributed by atoms with van der Waals surface area (Å²) >= 11 is 0. The molecule has 1 N–H and O–H groups in total. The second kappa shape index (κ2) is 4.82. The first-order valence-corrected chi connectivity index (χ1v) is 6.17. The van der Waals surface area contributed by atoms with Crippen LogP contribution in [0.1, 0.15) is 44.6 Å². The SMILES string of the molecule is CC1(CC(=N)c2ccccc2)[CH]CCCC1. The van der Waals surface area contributed by atoms with E-state index in [4.69, 9.17) is 5.41 Å². The fraction of sp³-hybridized carbons (Fsp3) is 0.467. The van der Waals surface area contributed by atoms with E-state index in [9.17, 15) is 0 Å². The summed E-state index contributed by atoms with van der Waals surface area (Å²) in [6, 6.07) is 10.1. The summed E-state index contributed by atoms with van der Waals surface area (Å²) in [7, 11) is 0. The molecular formula is C15H20N. The summed E-state index contributed by atoms with van der Waals surface area (Å²) in [5.41, 5.74) is 2.11. The highest BCUT2D eigenvalue weighted by molar-refractivity contribution is 5.98. The smallest absolute Gasteiger partial charge is 0.0391 e. The van der Waals surface area contributed by atoms with Gasteiger partial charge in [0.05, 0.1) is 0 Å². The van der Waals surface area contributed by atoms with Crippen LogP contribution in [0.25, 0.3) is 0 Å². The number of hydrogen-bond donors (Lipinski definition) is 1. The van der Waals surface area contributed by atoms with Crippen LogP contribution in [0.2, 0.25) is 0 Å². The van der Waals surface area contributed by atoms with Crippen molar-refractivity contribution in [3.63, 3.8) is 0 Å². The molecule has 2 rings (SSSR count). The minimum Gasteiger partial charge on any atom is -0.305 e. The van der Waals surface area contributed by atoms with Crippen LogP contribution in [0.4, 0.5) is 0 Å². The lowest BCUT2D eigenvalue weighted by Crippen LogP contribution is -2.24. The zero-order valence-electron chi connectivity index (χ0n) is 10.00. The first-order chi connectivity index (χ1) is 7.70. The van der Waals surface area contributed by atoms with Crippen molar-refractivity contribution in [1.82, 2.24) is 0 Å². The van der Waals surface area contributed by atoms with Gasteiger partial charge in [-0.2, -0.15) is 0 Å². The summed E-state index contributed by atoms with van der Waals surface area (Å²) in [5, 5.41) is 8.17. The Morgan fingerprint density at radius 1 is 1.25 bits per heavy atom. The molecule has 1 radical (unpaired) electrons. The van der Waals surface area contributed by atoms with Gasteiger partial charge in [0.15, 0.2) is 0 Å². The van der Waals surface area contributed by atoms with Crippen LogP contribution in [-0.4, -0.2) is 5.71 Å². The van der Waals surface area contributed by atoms with E-state index in [1.165, 1.54) is 25.7 Å². The first-order valence-electron chi connectivity index (χ1n) is 6.17. The summed E-state index contributed by atoms with van der Waals surface area (Å²) in [6.45, 7) is 2.30. The van der Waals surface area contributed by atoms with Crippen LogP contribution < -0.4 is 0 Å². The van der Waals surface area contributed by atoms with E-state index in [1.807, 2.05) is 30.3 Å². The van der Waals surface area contributed by atoms with E-state index in [0.717, 1.165) is 17.7 Å². The number of hydrogen-bond acceptors (Lipinski definition) is 1. The standard InChI is InChI=1S/C15H20N/c1-15(10-6-3-7-11-15)12-14(16)13-8-4-2-5-9-13/h2,4-5,8-10,16H,3,6-7,11-12H2,1H3. The summed E-state index contributed by atoms with van der Waals surface area (Å²) in [4.78, 5) is 0. The summed E-state index contributed by atoms with van der Waals surface area (Å²) in [5.74, 6) is 0. The summed E-state index contributed by atoms with van der Waals surface area (Å²) < 4.78 is 0. The molecular weight excluding hydrogens is 194 g/mol. The van der Waals surface area contributed by atoms with Crippen molar-refractivity contribution in [2.75, 3.05) is 0 Å². The van der Waals surface area contributed by atoms with Gasteiger partial charge in [0.2, 0.25) is 0 Å². The highest BCUT2D eigenvalue weighted by Gasteiger charge is 2.28. The molecule has 0 heterocycles. The second-order valence-electron chi connectivity index (χ2n) is 5.13. The van der Waals surface area contributed by atoms with Crippen molar-refractivity contribution in [2.24, 2.45) is 5.41 Å². The molecule has 0 spiro atoms. The van der Waals surface area contributed by atoms with Crippen molar-refractivity contribution in [3.05, 3.63) is 42.3 Å². The van der Waals surface area contributed by atoms with Gasteiger partial charge < -0.3 is 5.41 Å². The van der Waals surface area contributed by atoms with Crippen molar-refractivity contribution >= 4 is 5.71 Å². The molecule has 1 unspecified atom stereocenters. The Bertz CT molecular complexity index is 347. The Morgan fingerprint density at radius 3 is 2.62 bits per heavy atom. The van der Waals surface area contributed by atoms with Crippen molar-refractivity contribution in [1.29, 1.82) is 5.41 Å². The normalized spacial score (nSPS) is 19.3. The van der Waals surface area contributed by atoms with Crippen LogP contribution >= 0.6 is 0 Å². The van der Waals surface area contributed by atoms with Gasteiger partial charge >= 0.3 is 0 Å². The predicted octanol–water partition coefficient (Wildman–Crippen LogP) is 4.23. The zero-order valence-corrected chi connectivity index (χ0v) is 10.00. The van der Waals surface area contributed by atoms with Gasteiger partial charge in [-0.05, 0) is 36.7 Å². The Kier molecular flexibility index (Phi) is 3.42. The van der Waals surface area contributed by atoms with Gasteiger partial charge in [0, 0.05) is 5.71 Å². The molecule has 1 saturated carbocycles. The molecule has 1 aromatic carbocycles. The molecule has 0 amide bonds. The molecule has 1 aliphatic rings. The topological polar surface area (TPSA) is 23.9 Å². The number of nitrogens with one attached hydrogen (secondary N) is 1. The lowest BCUT2D eigenvalue weighted by molar-refractivity contribution is 0.307. The fourth-order valence-electron chi connectivity index (χ4n) is 2.53.